The molecule has 2 aliphatic rings. The Labute approximate surface area is 113 Å². The van der Waals surface area contributed by atoms with Crippen molar-refractivity contribution in [2.45, 2.75) is 58.0 Å². The average Bonchev–Trinajstić information content (AvgIpc) is 3.04. The molecule has 0 aromatic carbocycles. The van der Waals surface area contributed by atoms with Crippen molar-refractivity contribution in [1.29, 1.82) is 0 Å². The summed E-state index contributed by atoms with van der Waals surface area (Å²) in [6, 6.07) is 0.764. The van der Waals surface area contributed by atoms with E-state index in [9.17, 15) is 0 Å². The van der Waals surface area contributed by atoms with Crippen LogP contribution < -0.4 is 10.6 Å². The molecule has 1 aromatic heterocycles. The third-order valence-corrected chi connectivity index (χ3v) is 5.68. The fourth-order valence-corrected chi connectivity index (χ4v) is 4.73. The smallest absolute Gasteiger partial charge is 0.186 e. The van der Waals surface area contributed by atoms with Gasteiger partial charge in [0.15, 0.2) is 5.13 Å². The fraction of sp³-hybridized carbons (Fsp3) is 0.786. The van der Waals surface area contributed by atoms with Gasteiger partial charge in [0.05, 0.1) is 5.69 Å². The second kappa shape index (κ2) is 5.17. The molecular formula is C14H23N3S. The lowest BCUT2D eigenvalue weighted by Gasteiger charge is -2.37. The minimum Gasteiger partial charge on any atom is -0.345 e. The zero-order chi connectivity index (χ0) is 12.5. The Morgan fingerprint density at radius 2 is 2.17 bits per heavy atom. The molecule has 1 aliphatic heterocycles. The van der Waals surface area contributed by atoms with Crippen molar-refractivity contribution in [2.75, 3.05) is 11.4 Å². The molecule has 3 nitrogen and oxygen atoms in total. The molecule has 3 rings (SSSR count). The van der Waals surface area contributed by atoms with E-state index >= 15 is 0 Å². The first-order chi connectivity index (χ1) is 8.83. The minimum atomic E-state index is 0.642. The van der Waals surface area contributed by atoms with Gasteiger partial charge in [0.1, 0.15) is 0 Å². The van der Waals surface area contributed by atoms with E-state index < -0.39 is 0 Å². The van der Waals surface area contributed by atoms with Gasteiger partial charge >= 0.3 is 0 Å². The van der Waals surface area contributed by atoms with Crippen LogP contribution in [0, 0.1) is 5.92 Å². The Hall–Kier alpha value is -0.610. The highest BCUT2D eigenvalue weighted by Gasteiger charge is 2.36. The van der Waals surface area contributed by atoms with Gasteiger partial charge in [-0.25, -0.2) is 4.98 Å². The van der Waals surface area contributed by atoms with Gasteiger partial charge in [0.25, 0.3) is 0 Å². The topological polar surface area (TPSA) is 42.2 Å². The number of thiazole rings is 1. The van der Waals surface area contributed by atoms with Crippen molar-refractivity contribution in [3.05, 3.63) is 10.6 Å². The van der Waals surface area contributed by atoms with E-state index in [0.717, 1.165) is 18.4 Å². The Bertz CT molecular complexity index is 394. The molecule has 0 bridgehead atoms. The Kier molecular flexibility index (Phi) is 3.57. The van der Waals surface area contributed by atoms with E-state index in [1.165, 1.54) is 54.4 Å². The number of aryl methyl sites for hydroxylation is 1. The summed E-state index contributed by atoms with van der Waals surface area (Å²) < 4.78 is 0. The molecule has 4 heteroatoms. The average molecular weight is 265 g/mol. The van der Waals surface area contributed by atoms with Gasteiger partial charge in [-0.05, 0) is 38.0 Å². The van der Waals surface area contributed by atoms with E-state index in [4.69, 9.17) is 10.7 Å². The highest BCUT2D eigenvalue weighted by Crippen LogP contribution is 2.40. The number of nitrogens with two attached hydrogens (primary N) is 1. The maximum absolute atomic E-state index is 5.83. The normalized spacial score (nSPS) is 27.6. The van der Waals surface area contributed by atoms with Gasteiger partial charge in [0, 0.05) is 24.0 Å². The van der Waals surface area contributed by atoms with E-state index in [-0.39, 0.29) is 0 Å². The summed E-state index contributed by atoms with van der Waals surface area (Å²) in [6.45, 7) is 4.01. The SMILES string of the molecule is CCc1nc(N2CCCC3CCCC32)sc1CN. The van der Waals surface area contributed by atoms with Crippen LogP contribution in [-0.2, 0) is 13.0 Å². The van der Waals surface area contributed by atoms with Crippen molar-refractivity contribution >= 4 is 16.5 Å². The Morgan fingerprint density at radius 3 is 2.89 bits per heavy atom. The lowest BCUT2D eigenvalue weighted by atomic mass is 9.92. The molecular weight excluding hydrogens is 242 g/mol. The molecule has 0 radical (unpaired) electrons. The van der Waals surface area contributed by atoms with Crippen LogP contribution in [0.4, 0.5) is 5.13 Å². The lowest BCUT2D eigenvalue weighted by Crippen LogP contribution is -2.42. The third kappa shape index (κ3) is 2.05. The standard InChI is InChI=1S/C14H23N3S/c1-2-11-13(9-15)18-14(16-11)17-8-4-6-10-5-3-7-12(10)17/h10,12H,2-9,15H2,1H3. The number of anilines is 1. The molecule has 2 N–H and O–H groups in total. The fourth-order valence-electron chi connectivity index (χ4n) is 3.62. The molecule has 2 unspecified atom stereocenters. The van der Waals surface area contributed by atoms with Crippen LogP contribution in [0.1, 0.15) is 49.6 Å². The summed E-state index contributed by atoms with van der Waals surface area (Å²) in [5.41, 5.74) is 7.05. The lowest BCUT2D eigenvalue weighted by molar-refractivity contribution is 0.362. The Balaban J connectivity index is 1.86. The van der Waals surface area contributed by atoms with Gasteiger partial charge in [-0.3, -0.25) is 0 Å². The van der Waals surface area contributed by atoms with Crippen LogP contribution in [0.3, 0.4) is 0 Å². The second-order valence-electron chi connectivity index (χ2n) is 5.52. The van der Waals surface area contributed by atoms with Crippen molar-refractivity contribution in [2.24, 2.45) is 11.7 Å². The number of hydrogen-bond donors (Lipinski definition) is 1. The van der Waals surface area contributed by atoms with Crippen LogP contribution in [0.15, 0.2) is 0 Å². The van der Waals surface area contributed by atoms with Crippen molar-refractivity contribution in [1.82, 2.24) is 4.98 Å². The molecule has 100 valence electrons. The second-order valence-corrected chi connectivity index (χ2v) is 6.58. The highest BCUT2D eigenvalue weighted by molar-refractivity contribution is 7.15. The number of rotatable bonds is 3. The number of aromatic nitrogens is 1. The van der Waals surface area contributed by atoms with Gasteiger partial charge in [-0.2, -0.15) is 0 Å². The van der Waals surface area contributed by atoms with E-state index in [1.807, 2.05) is 11.3 Å². The van der Waals surface area contributed by atoms with Crippen molar-refractivity contribution in [3.63, 3.8) is 0 Å². The summed E-state index contributed by atoms with van der Waals surface area (Å²) in [6.07, 6.45) is 7.96. The minimum absolute atomic E-state index is 0.642. The van der Waals surface area contributed by atoms with Crippen LogP contribution in [0.2, 0.25) is 0 Å². The summed E-state index contributed by atoms with van der Waals surface area (Å²) in [5.74, 6) is 0.925. The first kappa shape index (κ1) is 12.4. The molecule has 1 saturated heterocycles. The number of hydrogen-bond acceptors (Lipinski definition) is 4. The van der Waals surface area contributed by atoms with Crippen LogP contribution >= 0.6 is 11.3 Å². The Morgan fingerprint density at radius 1 is 1.33 bits per heavy atom. The van der Waals surface area contributed by atoms with Gasteiger partial charge in [0.2, 0.25) is 0 Å². The molecule has 1 aromatic rings. The molecule has 18 heavy (non-hydrogen) atoms. The first-order valence-corrected chi connectivity index (χ1v) is 8.10. The summed E-state index contributed by atoms with van der Waals surface area (Å²) in [7, 11) is 0. The molecule has 0 spiro atoms. The molecule has 2 fully saturated rings. The van der Waals surface area contributed by atoms with Gasteiger partial charge in [-0.1, -0.05) is 13.3 Å². The third-order valence-electron chi connectivity index (χ3n) is 4.53. The van der Waals surface area contributed by atoms with Crippen LogP contribution in [-0.4, -0.2) is 17.6 Å². The molecule has 0 amide bonds. The molecule has 1 aliphatic carbocycles. The van der Waals surface area contributed by atoms with Crippen molar-refractivity contribution in [3.8, 4) is 0 Å². The van der Waals surface area contributed by atoms with E-state index in [0.29, 0.717) is 6.54 Å². The maximum Gasteiger partial charge on any atom is 0.186 e. The van der Waals surface area contributed by atoms with Crippen LogP contribution in [0.5, 0.6) is 0 Å². The van der Waals surface area contributed by atoms with E-state index in [2.05, 4.69) is 11.8 Å². The summed E-state index contributed by atoms with van der Waals surface area (Å²) in [5, 5.41) is 1.24. The monoisotopic (exact) mass is 265 g/mol. The molecule has 2 heterocycles. The van der Waals surface area contributed by atoms with Crippen LogP contribution in [0.25, 0.3) is 0 Å². The number of piperidine rings is 1. The highest BCUT2D eigenvalue weighted by atomic mass is 32.1. The predicted octanol–water partition coefficient (Wildman–Crippen LogP) is 2.93. The first-order valence-electron chi connectivity index (χ1n) is 7.28. The molecule has 2 atom stereocenters. The number of nitrogens with zero attached hydrogens (tertiary/aromatic N) is 2. The van der Waals surface area contributed by atoms with Gasteiger partial charge in [-0.15, -0.1) is 11.3 Å². The zero-order valence-corrected chi connectivity index (χ0v) is 12.0. The maximum atomic E-state index is 5.83. The van der Waals surface area contributed by atoms with Gasteiger partial charge < -0.3 is 10.6 Å². The van der Waals surface area contributed by atoms with Crippen molar-refractivity contribution < 1.29 is 0 Å². The largest absolute Gasteiger partial charge is 0.345 e. The number of fused-ring (bicyclic) bond motifs is 1. The quantitative estimate of drug-likeness (QED) is 0.913. The molecule has 1 saturated carbocycles. The summed E-state index contributed by atoms with van der Waals surface area (Å²) >= 11 is 1.83. The predicted molar refractivity (Wildman–Crippen MR) is 77.1 cm³/mol. The summed E-state index contributed by atoms with van der Waals surface area (Å²) in [4.78, 5) is 8.72. The zero-order valence-electron chi connectivity index (χ0n) is 11.2. The van der Waals surface area contributed by atoms with E-state index in [1.54, 1.807) is 0 Å².